The van der Waals surface area contributed by atoms with Crippen molar-refractivity contribution in [1.29, 1.82) is 5.26 Å². The Hall–Kier alpha value is -1.40. The predicted octanol–water partition coefficient (Wildman–Crippen LogP) is 3.47. The highest BCUT2D eigenvalue weighted by atomic mass is 32.1. The fourth-order valence-corrected chi connectivity index (χ4v) is 2.51. The fourth-order valence-electron chi connectivity index (χ4n) is 1.56. The van der Waals surface area contributed by atoms with Gasteiger partial charge in [-0.3, -0.25) is 0 Å². The monoisotopic (exact) mass is 205 g/mol. The van der Waals surface area contributed by atoms with E-state index in [1.165, 1.54) is 17.4 Å². The Morgan fingerprint density at radius 3 is 2.93 bits per heavy atom. The molecule has 0 saturated heterocycles. The summed E-state index contributed by atoms with van der Waals surface area (Å²) in [5, 5.41) is 11.4. The van der Waals surface area contributed by atoms with Crippen LogP contribution in [0.3, 0.4) is 0 Å². The Bertz CT molecular complexity index is 522. The van der Waals surface area contributed by atoms with Crippen molar-refractivity contribution in [2.75, 3.05) is 0 Å². The van der Waals surface area contributed by atoms with Gasteiger partial charge in [0.2, 0.25) is 0 Å². The van der Waals surface area contributed by atoms with Crippen molar-refractivity contribution < 1.29 is 4.39 Å². The van der Waals surface area contributed by atoms with Crippen LogP contribution in [0.15, 0.2) is 17.5 Å². The second-order valence-corrected chi connectivity index (χ2v) is 3.91. The molecule has 0 amide bonds. The van der Waals surface area contributed by atoms with Crippen LogP contribution in [0.4, 0.5) is 4.39 Å². The maximum atomic E-state index is 13.4. The largest absolute Gasteiger partial charge is 0.205 e. The highest BCUT2D eigenvalue weighted by Crippen LogP contribution is 2.31. The molecule has 70 valence electrons. The first-order chi connectivity index (χ1) is 6.77. The van der Waals surface area contributed by atoms with Gasteiger partial charge in [-0.2, -0.15) is 5.26 Å². The normalized spacial score (nSPS) is 10.4. The van der Waals surface area contributed by atoms with Crippen LogP contribution in [0.5, 0.6) is 0 Å². The number of fused-ring (bicyclic) bond motifs is 1. The van der Waals surface area contributed by atoms with Gasteiger partial charge in [-0.25, -0.2) is 4.39 Å². The summed E-state index contributed by atoms with van der Waals surface area (Å²) in [5.74, 6) is -0.233. The first-order valence-corrected chi connectivity index (χ1v) is 5.24. The molecule has 2 rings (SSSR count). The van der Waals surface area contributed by atoms with Crippen molar-refractivity contribution in [2.24, 2.45) is 0 Å². The quantitative estimate of drug-likeness (QED) is 0.699. The Balaban J connectivity index is 2.90. The van der Waals surface area contributed by atoms with E-state index in [2.05, 4.69) is 6.07 Å². The summed E-state index contributed by atoms with van der Waals surface area (Å²) in [7, 11) is 0. The van der Waals surface area contributed by atoms with Crippen molar-refractivity contribution >= 4 is 21.4 Å². The van der Waals surface area contributed by atoms with Crippen LogP contribution in [-0.2, 0) is 6.42 Å². The zero-order valence-electron chi connectivity index (χ0n) is 7.67. The maximum absolute atomic E-state index is 13.4. The lowest BCUT2D eigenvalue weighted by atomic mass is 10.0. The molecule has 0 atom stereocenters. The summed E-state index contributed by atoms with van der Waals surface area (Å²) in [6, 6.07) is 5.32. The molecule has 0 spiro atoms. The molecule has 0 bridgehead atoms. The molecule has 0 aliphatic carbocycles. The van der Waals surface area contributed by atoms with Crippen molar-refractivity contribution in [1.82, 2.24) is 0 Å². The molecule has 3 heteroatoms. The van der Waals surface area contributed by atoms with Gasteiger partial charge in [0, 0.05) is 10.8 Å². The average molecular weight is 205 g/mol. The molecule has 1 aromatic heterocycles. The number of nitrogens with zero attached hydrogens (tertiary/aromatic N) is 1. The van der Waals surface area contributed by atoms with Gasteiger partial charge in [0.05, 0.1) is 10.3 Å². The van der Waals surface area contributed by atoms with E-state index in [9.17, 15) is 4.39 Å². The number of halogens is 1. The van der Waals surface area contributed by atoms with Gasteiger partial charge >= 0.3 is 0 Å². The SMILES string of the molecule is CCc1ccc(F)c2scc(C#N)c12. The molecule has 2 aromatic rings. The number of aryl methyl sites for hydroxylation is 1. The van der Waals surface area contributed by atoms with Crippen LogP contribution in [0.1, 0.15) is 18.1 Å². The predicted molar refractivity (Wildman–Crippen MR) is 55.9 cm³/mol. The number of nitriles is 1. The smallest absolute Gasteiger partial charge is 0.141 e. The summed E-state index contributed by atoms with van der Waals surface area (Å²) >= 11 is 1.30. The van der Waals surface area contributed by atoms with E-state index in [0.29, 0.717) is 10.3 Å². The zero-order chi connectivity index (χ0) is 10.1. The highest BCUT2D eigenvalue weighted by Gasteiger charge is 2.11. The topological polar surface area (TPSA) is 23.8 Å². The van der Waals surface area contributed by atoms with Crippen molar-refractivity contribution in [3.63, 3.8) is 0 Å². The Labute approximate surface area is 85.4 Å². The van der Waals surface area contributed by atoms with Crippen LogP contribution in [0, 0.1) is 17.1 Å². The van der Waals surface area contributed by atoms with Crippen LogP contribution in [-0.4, -0.2) is 0 Å². The van der Waals surface area contributed by atoms with Gasteiger partial charge < -0.3 is 0 Å². The van der Waals surface area contributed by atoms with E-state index in [0.717, 1.165) is 17.4 Å². The molecular weight excluding hydrogens is 197 g/mol. The summed E-state index contributed by atoms with van der Waals surface area (Å²) < 4.78 is 14.0. The first-order valence-electron chi connectivity index (χ1n) is 4.36. The van der Waals surface area contributed by atoms with Crippen LogP contribution < -0.4 is 0 Å². The van der Waals surface area contributed by atoms with Gasteiger partial charge in [0.25, 0.3) is 0 Å². The van der Waals surface area contributed by atoms with E-state index in [-0.39, 0.29) is 5.82 Å². The molecule has 0 aliphatic heterocycles. The van der Waals surface area contributed by atoms with Crippen LogP contribution >= 0.6 is 11.3 Å². The third-order valence-corrected chi connectivity index (χ3v) is 3.25. The van der Waals surface area contributed by atoms with Gasteiger partial charge in [0.1, 0.15) is 11.9 Å². The lowest BCUT2D eigenvalue weighted by Gasteiger charge is -2.00. The molecule has 0 aliphatic rings. The van der Waals surface area contributed by atoms with E-state index in [4.69, 9.17) is 5.26 Å². The third kappa shape index (κ3) is 1.19. The number of benzene rings is 1. The standard InChI is InChI=1S/C11H8FNS/c1-2-7-3-4-9(12)11-10(7)8(5-13)6-14-11/h3-4,6H,2H2,1H3. The number of rotatable bonds is 1. The average Bonchev–Trinajstić information content (AvgIpc) is 2.63. The van der Waals surface area contributed by atoms with Crippen LogP contribution in [0.2, 0.25) is 0 Å². The van der Waals surface area contributed by atoms with Gasteiger partial charge in [-0.05, 0) is 18.1 Å². The Morgan fingerprint density at radius 2 is 2.29 bits per heavy atom. The number of thiophene rings is 1. The summed E-state index contributed by atoms with van der Waals surface area (Å²) in [4.78, 5) is 0. The van der Waals surface area contributed by atoms with E-state index in [1.54, 1.807) is 11.4 Å². The lowest BCUT2D eigenvalue weighted by molar-refractivity contribution is 0.641. The number of hydrogen-bond donors (Lipinski definition) is 0. The molecule has 14 heavy (non-hydrogen) atoms. The second-order valence-electron chi connectivity index (χ2n) is 3.03. The molecule has 0 unspecified atom stereocenters. The fraction of sp³-hybridized carbons (Fsp3) is 0.182. The third-order valence-electron chi connectivity index (χ3n) is 2.26. The summed E-state index contributed by atoms with van der Waals surface area (Å²) in [6.45, 7) is 2.01. The molecule has 1 nitrogen and oxygen atoms in total. The molecular formula is C11H8FNS. The molecule has 1 heterocycles. The van der Waals surface area contributed by atoms with Crippen LogP contribution in [0.25, 0.3) is 10.1 Å². The van der Waals surface area contributed by atoms with E-state index < -0.39 is 0 Å². The molecule has 0 saturated carbocycles. The van der Waals surface area contributed by atoms with Crippen molar-refractivity contribution in [3.05, 3.63) is 34.5 Å². The Kier molecular flexibility index (Phi) is 2.22. The molecule has 0 fully saturated rings. The molecule has 1 aromatic carbocycles. The van der Waals surface area contributed by atoms with Gasteiger partial charge in [0.15, 0.2) is 0 Å². The summed E-state index contributed by atoms with van der Waals surface area (Å²) in [5.41, 5.74) is 1.63. The minimum atomic E-state index is -0.233. The first kappa shape index (κ1) is 9.17. The molecule has 0 radical (unpaired) electrons. The lowest BCUT2D eigenvalue weighted by Crippen LogP contribution is -1.85. The number of hydrogen-bond acceptors (Lipinski definition) is 2. The zero-order valence-corrected chi connectivity index (χ0v) is 8.49. The van der Waals surface area contributed by atoms with Gasteiger partial charge in [-0.15, -0.1) is 11.3 Å². The highest BCUT2D eigenvalue weighted by molar-refractivity contribution is 7.17. The minimum Gasteiger partial charge on any atom is -0.205 e. The van der Waals surface area contributed by atoms with Gasteiger partial charge in [-0.1, -0.05) is 13.0 Å². The maximum Gasteiger partial charge on any atom is 0.141 e. The van der Waals surface area contributed by atoms with Crippen molar-refractivity contribution in [2.45, 2.75) is 13.3 Å². The summed E-state index contributed by atoms with van der Waals surface area (Å²) in [6.07, 6.45) is 0.822. The van der Waals surface area contributed by atoms with Crippen molar-refractivity contribution in [3.8, 4) is 6.07 Å². The Morgan fingerprint density at radius 1 is 1.50 bits per heavy atom. The molecule has 0 N–H and O–H groups in total. The van der Waals surface area contributed by atoms with E-state index in [1.807, 2.05) is 6.92 Å². The van der Waals surface area contributed by atoms with E-state index >= 15 is 0 Å². The minimum absolute atomic E-state index is 0.233. The second kappa shape index (κ2) is 3.39.